The maximum atomic E-state index is 12.9. The van der Waals surface area contributed by atoms with Gasteiger partial charge in [0.1, 0.15) is 5.56 Å². The summed E-state index contributed by atoms with van der Waals surface area (Å²) in [4.78, 5) is 14.7. The second-order valence-electron chi connectivity index (χ2n) is 3.74. The summed E-state index contributed by atoms with van der Waals surface area (Å²) in [5, 5.41) is -0.214. The Balaban J connectivity index is 3.59. The summed E-state index contributed by atoms with van der Waals surface area (Å²) >= 11 is 2.82. The number of carbonyl (C=O) groups excluding carboxylic acids is 1. The lowest BCUT2D eigenvalue weighted by atomic mass is 10.1. The summed E-state index contributed by atoms with van der Waals surface area (Å²) < 4.78 is 83.5. The molecule has 1 aromatic heterocycles. The molecular formula is C11H8BrF6NO3. The molecule has 0 saturated carbocycles. The lowest BCUT2D eigenvalue weighted by Gasteiger charge is -2.18. The average molecular weight is 396 g/mol. The summed E-state index contributed by atoms with van der Waals surface area (Å²) in [7, 11) is 0. The summed E-state index contributed by atoms with van der Waals surface area (Å²) in [5.74, 6) is -3.11. The van der Waals surface area contributed by atoms with Crippen LogP contribution >= 0.6 is 15.9 Å². The Morgan fingerprint density at radius 1 is 1.27 bits per heavy atom. The SMILES string of the molecule is CCOC(=O)c1cc(CBr)nc(C(F)(F)F)c1OC(F)(F)F. The highest BCUT2D eigenvalue weighted by Gasteiger charge is 2.43. The predicted molar refractivity (Wildman–Crippen MR) is 64.5 cm³/mol. The number of carbonyl (C=O) groups is 1. The van der Waals surface area contributed by atoms with Crippen LogP contribution in [0.4, 0.5) is 26.3 Å². The van der Waals surface area contributed by atoms with Gasteiger partial charge < -0.3 is 9.47 Å². The minimum atomic E-state index is -5.43. The average Bonchev–Trinajstić information content (AvgIpc) is 2.35. The van der Waals surface area contributed by atoms with Crippen molar-refractivity contribution in [2.24, 2.45) is 0 Å². The number of hydrogen-bond acceptors (Lipinski definition) is 4. The van der Waals surface area contributed by atoms with Gasteiger partial charge in [0.05, 0.1) is 12.3 Å². The minimum Gasteiger partial charge on any atom is -0.462 e. The zero-order valence-corrected chi connectivity index (χ0v) is 12.4. The molecule has 0 aliphatic rings. The van der Waals surface area contributed by atoms with Gasteiger partial charge in [-0.15, -0.1) is 13.2 Å². The Morgan fingerprint density at radius 3 is 2.27 bits per heavy atom. The molecule has 124 valence electrons. The Kier molecular flexibility index (Phi) is 5.65. The van der Waals surface area contributed by atoms with Crippen LogP contribution in [0.15, 0.2) is 6.07 Å². The van der Waals surface area contributed by atoms with Gasteiger partial charge in [0.25, 0.3) is 0 Å². The van der Waals surface area contributed by atoms with Crippen molar-refractivity contribution in [3.63, 3.8) is 0 Å². The molecule has 1 heterocycles. The zero-order valence-electron chi connectivity index (χ0n) is 10.8. The summed E-state index contributed by atoms with van der Waals surface area (Å²) in [6, 6.07) is 0.739. The van der Waals surface area contributed by atoms with Gasteiger partial charge >= 0.3 is 18.5 Å². The van der Waals surface area contributed by atoms with Gasteiger partial charge in [-0.05, 0) is 13.0 Å². The molecule has 0 atom stereocenters. The molecule has 22 heavy (non-hydrogen) atoms. The van der Waals surface area contributed by atoms with Gasteiger partial charge in [-0.1, -0.05) is 15.9 Å². The van der Waals surface area contributed by atoms with Gasteiger partial charge in [0, 0.05) is 5.33 Å². The molecule has 1 aromatic rings. The first kappa shape index (κ1) is 18.5. The van der Waals surface area contributed by atoms with Crippen LogP contribution in [0.5, 0.6) is 5.75 Å². The predicted octanol–water partition coefficient (Wildman–Crippen LogP) is 4.07. The van der Waals surface area contributed by atoms with E-state index in [4.69, 9.17) is 0 Å². The Labute approximate surface area is 128 Å². The largest absolute Gasteiger partial charge is 0.573 e. The molecule has 0 aromatic carbocycles. The first-order chi connectivity index (χ1) is 9.99. The molecule has 0 spiro atoms. The molecule has 4 nitrogen and oxygen atoms in total. The third kappa shape index (κ3) is 4.75. The highest BCUT2D eigenvalue weighted by atomic mass is 79.9. The molecule has 0 bridgehead atoms. The highest BCUT2D eigenvalue weighted by Crippen LogP contribution is 2.40. The Bertz CT molecular complexity index is 558. The van der Waals surface area contributed by atoms with Crippen LogP contribution in [0.2, 0.25) is 0 Å². The fourth-order valence-corrected chi connectivity index (χ4v) is 1.71. The minimum absolute atomic E-state index is 0.214. The fraction of sp³-hybridized carbons (Fsp3) is 0.455. The van der Waals surface area contributed by atoms with Crippen molar-refractivity contribution in [2.75, 3.05) is 6.61 Å². The van der Waals surface area contributed by atoms with Crippen LogP contribution in [0.25, 0.3) is 0 Å². The molecular weight excluding hydrogens is 388 g/mol. The molecule has 11 heteroatoms. The van der Waals surface area contributed by atoms with Crippen molar-refractivity contribution >= 4 is 21.9 Å². The molecule has 0 N–H and O–H groups in total. The van der Waals surface area contributed by atoms with Crippen LogP contribution in [0, 0.1) is 0 Å². The fourth-order valence-electron chi connectivity index (χ4n) is 1.43. The van der Waals surface area contributed by atoms with Crippen LogP contribution in [0.3, 0.4) is 0 Å². The molecule has 0 aliphatic carbocycles. The zero-order chi connectivity index (χ0) is 17.1. The van der Waals surface area contributed by atoms with Crippen molar-refractivity contribution in [1.29, 1.82) is 0 Å². The number of pyridine rings is 1. The second kappa shape index (κ2) is 6.71. The highest BCUT2D eigenvalue weighted by molar-refractivity contribution is 9.08. The van der Waals surface area contributed by atoms with E-state index in [1.165, 1.54) is 6.92 Å². The number of alkyl halides is 7. The quantitative estimate of drug-likeness (QED) is 0.438. The monoisotopic (exact) mass is 395 g/mol. The van der Waals surface area contributed by atoms with Gasteiger partial charge in [-0.3, -0.25) is 0 Å². The van der Waals surface area contributed by atoms with Crippen molar-refractivity contribution < 1.29 is 40.6 Å². The van der Waals surface area contributed by atoms with E-state index < -0.39 is 35.5 Å². The molecule has 0 fully saturated rings. The molecule has 0 saturated heterocycles. The van der Waals surface area contributed by atoms with Gasteiger partial charge in [0.15, 0.2) is 11.4 Å². The van der Waals surface area contributed by atoms with E-state index in [1.807, 2.05) is 0 Å². The van der Waals surface area contributed by atoms with Crippen LogP contribution in [-0.4, -0.2) is 23.9 Å². The van der Waals surface area contributed by atoms with Gasteiger partial charge in [0.2, 0.25) is 0 Å². The topological polar surface area (TPSA) is 48.4 Å². The van der Waals surface area contributed by atoms with E-state index in [-0.39, 0.29) is 17.6 Å². The molecule has 0 aliphatic heterocycles. The lowest BCUT2D eigenvalue weighted by Crippen LogP contribution is -2.24. The number of nitrogens with zero attached hydrogens (tertiary/aromatic N) is 1. The van der Waals surface area contributed by atoms with Crippen LogP contribution in [0.1, 0.15) is 28.7 Å². The standard InChI is InChI=1S/C11H8BrF6NO3/c1-2-21-9(20)6-3-5(4-12)19-8(10(13,14)15)7(6)22-11(16,17)18/h3H,2,4H2,1H3. The second-order valence-corrected chi connectivity index (χ2v) is 4.30. The van der Waals surface area contributed by atoms with Crippen molar-refractivity contribution in [1.82, 2.24) is 4.98 Å². The summed E-state index contributed by atoms with van der Waals surface area (Å²) in [5.41, 5.74) is -3.26. The normalized spacial score (nSPS) is 12.2. The van der Waals surface area contributed by atoms with Crippen molar-refractivity contribution in [2.45, 2.75) is 24.8 Å². The van der Waals surface area contributed by atoms with Crippen molar-refractivity contribution in [3.05, 3.63) is 23.0 Å². The smallest absolute Gasteiger partial charge is 0.462 e. The van der Waals surface area contributed by atoms with Gasteiger partial charge in [-0.2, -0.15) is 13.2 Å². The van der Waals surface area contributed by atoms with E-state index in [9.17, 15) is 31.1 Å². The number of ether oxygens (including phenoxy) is 2. The Hall–Kier alpha value is -1.52. The van der Waals surface area contributed by atoms with E-state index in [1.54, 1.807) is 0 Å². The van der Waals surface area contributed by atoms with E-state index in [0.717, 1.165) is 6.07 Å². The summed E-state index contributed by atoms with van der Waals surface area (Å²) in [6.07, 6.45) is -10.7. The number of rotatable bonds is 4. The first-order valence-electron chi connectivity index (χ1n) is 5.59. The lowest BCUT2D eigenvalue weighted by molar-refractivity contribution is -0.276. The number of hydrogen-bond donors (Lipinski definition) is 0. The van der Waals surface area contributed by atoms with E-state index >= 15 is 0 Å². The van der Waals surface area contributed by atoms with Gasteiger partial charge in [-0.25, -0.2) is 9.78 Å². The Morgan fingerprint density at radius 2 is 1.86 bits per heavy atom. The first-order valence-corrected chi connectivity index (χ1v) is 6.71. The van der Waals surface area contributed by atoms with E-state index in [0.29, 0.717) is 0 Å². The third-order valence-corrected chi connectivity index (χ3v) is 2.72. The van der Waals surface area contributed by atoms with E-state index in [2.05, 4.69) is 30.4 Å². The molecule has 0 radical (unpaired) electrons. The number of halogens is 7. The maximum absolute atomic E-state index is 12.9. The molecule has 0 unspecified atom stereocenters. The molecule has 0 amide bonds. The number of esters is 1. The van der Waals surface area contributed by atoms with Crippen LogP contribution < -0.4 is 4.74 Å². The molecule has 1 rings (SSSR count). The van der Waals surface area contributed by atoms with Crippen molar-refractivity contribution in [3.8, 4) is 5.75 Å². The van der Waals surface area contributed by atoms with Crippen LogP contribution in [-0.2, 0) is 16.2 Å². The third-order valence-electron chi connectivity index (χ3n) is 2.14. The number of aromatic nitrogens is 1. The maximum Gasteiger partial charge on any atom is 0.573 e. The summed E-state index contributed by atoms with van der Waals surface area (Å²) in [6.45, 7) is 1.11.